The average molecular weight is 327 g/mol. The zero-order chi connectivity index (χ0) is 17.1. The number of anilines is 1. The lowest BCUT2D eigenvalue weighted by molar-refractivity contribution is 0.220. The Kier molecular flexibility index (Phi) is 5.24. The first-order valence-electron chi connectivity index (χ1n) is 9.26. The van der Waals surface area contributed by atoms with Gasteiger partial charge < -0.3 is 9.88 Å². The number of hydrogen-bond donors (Lipinski definition) is 1. The van der Waals surface area contributed by atoms with Crippen molar-refractivity contribution in [2.75, 3.05) is 31.1 Å². The molecular weight excluding hydrogens is 298 g/mol. The summed E-state index contributed by atoms with van der Waals surface area (Å²) in [7, 11) is 0. The smallest absolute Gasteiger partial charge is 0.194 e. The molecule has 4 heteroatoms. The number of rotatable bonds is 5. The third-order valence-electron chi connectivity index (χ3n) is 5.26. The standard InChI is InChI=1S/C20H29N3O/c1-4-23(5-2)16-9-10-19-17(13-16)20(24)18(15(3)21-19)14-22-11-7-6-8-12-22/h9-10,13H,4-8,11-12,14H2,1-3H3,(H,21,24). The van der Waals surface area contributed by atoms with Gasteiger partial charge in [-0.2, -0.15) is 0 Å². The van der Waals surface area contributed by atoms with Crippen molar-refractivity contribution in [3.63, 3.8) is 0 Å². The minimum atomic E-state index is 0.195. The van der Waals surface area contributed by atoms with Crippen LogP contribution in [0.4, 0.5) is 5.69 Å². The van der Waals surface area contributed by atoms with Gasteiger partial charge in [0.25, 0.3) is 0 Å². The van der Waals surface area contributed by atoms with Gasteiger partial charge in [-0.3, -0.25) is 9.69 Å². The molecule has 0 atom stereocenters. The Hall–Kier alpha value is -1.81. The van der Waals surface area contributed by atoms with E-state index in [-0.39, 0.29) is 5.43 Å². The molecule has 2 aromatic rings. The van der Waals surface area contributed by atoms with Gasteiger partial charge in [-0.25, -0.2) is 0 Å². The Morgan fingerprint density at radius 1 is 1.12 bits per heavy atom. The van der Waals surface area contributed by atoms with Crippen LogP contribution >= 0.6 is 0 Å². The van der Waals surface area contributed by atoms with Crippen LogP contribution in [0.25, 0.3) is 10.9 Å². The number of nitrogens with zero attached hydrogens (tertiary/aromatic N) is 2. The fourth-order valence-electron chi connectivity index (χ4n) is 3.76. The van der Waals surface area contributed by atoms with E-state index in [0.29, 0.717) is 0 Å². The second kappa shape index (κ2) is 7.39. The molecule has 130 valence electrons. The first-order valence-corrected chi connectivity index (χ1v) is 9.26. The van der Waals surface area contributed by atoms with Crippen molar-refractivity contribution < 1.29 is 0 Å². The summed E-state index contributed by atoms with van der Waals surface area (Å²) in [6, 6.07) is 6.21. The first kappa shape index (κ1) is 17.0. The summed E-state index contributed by atoms with van der Waals surface area (Å²) in [5, 5.41) is 0.817. The zero-order valence-electron chi connectivity index (χ0n) is 15.2. The third kappa shape index (κ3) is 3.34. The molecule has 0 spiro atoms. The van der Waals surface area contributed by atoms with Crippen molar-refractivity contribution in [2.45, 2.75) is 46.6 Å². The van der Waals surface area contributed by atoms with E-state index in [0.717, 1.165) is 60.6 Å². The molecule has 1 aromatic heterocycles. The summed E-state index contributed by atoms with van der Waals surface area (Å²) in [5.41, 5.74) is 4.21. The Morgan fingerprint density at radius 3 is 2.50 bits per heavy atom. The van der Waals surface area contributed by atoms with Crippen molar-refractivity contribution in [3.05, 3.63) is 39.7 Å². The molecule has 0 saturated carbocycles. The molecule has 1 N–H and O–H groups in total. The molecular formula is C20H29N3O. The number of benzene rings is 1. The highest BCUT2D eigenvalue weighted by molar-refractivity contribution is 5.83. The summed E-state index contributed by atoms with van der Waals surface area (Å²) in [6.45, 7) is 11.2. The molecule has 1 saturated heterocycles. The summed E-state index contributed by atoms with van der Waals surface area (Å²) >= 11 is 0. The van der Waals surface area contributed by atoms with Crippen LogP contribution in [-0.2, 0) is 6.54 Å². The van der Waals surface area contributed by atoms with Gasteiger partial charge in [-0.1, -0.05) is 6.42 Å². The maximum absolute atomic E-state index is 13.1. The third-order valence-corrected chi connectivity index (χ3v) is 5.26. The van der Waals surface area contributed by atoms with Crippen molar-refractivity contribution >= 4 is 16.6 Å². The average Bonchev–Trinajstić information content (AvgIpc) is 2.61. The predicted molar refractivity (Wildman–Crippen MR) is 102 cm³/mol. The Bertz CT molecular complexity index is 755. The van der Waals surface area contributed by atoms with Crippen molar-refractivity contribution in [2.24, 2.45) is 0 Å². The van der Waals surface area contributed by atoms with Crippen molar-refractivity contribution in [1.82, 2.24) is 9.88 Å². The van der Waals surface area contributed by atoms with Crippen LogP contribution in [0.2, 0.25) is 0 Å². The molecule has 1 aliphatic rings. The molecule has 3 rings (SSSR count). The van der Waals surface area contributed by atoms with Crippen LogP contribution in [0.5, 0.6) is 0 Å². The van der Waals surface area contributed by atoms with E-state index in [9.17, 15) is 4.79 Å². The maximum Gasteiger partial charge on any atom is 0.194 e. The molecule has 1 aliphatic heterocycles. The molecule has 0 amide bonds. The highest BCUT2D eigenvalue weighted by Gasteiger charge is 2.16. The second-order valence-corrected chi connectivity index (χ2v) is 6.80. The Balaban J connectivity index is 2.01. The molecule has 24 heavy (non-hydrogen) atoms. The lowest BCUT2D eigenvalue weighted by Crippen LogP contribution is -2.32. The summed E-state index contributed by atoms with van der Waals surface area (Å²) in [5.74, 6) is 0. The van der Waals surface area contributed by atoms with Crippen LogP contribution < -0.4 is 10.3 Å². The lowest BCUT2D eigenvalue weighted by atomic mass is 10.1. The number of aromatic amines is 1. The highest BCUT2D eigenvalue weighted by Crippen LogP contribution is 2.21. The SMILES string of the molecule is CCN(CC)c1ccc2[nH]c(C)c(CN3CCCCC3)c(=O)c2c1. The summed E-state index contributed by atoms with van der Waals surface area (Å²) in [6.07, 6.45) is 3.81. The first-order chi connectivity index (χ1) is 11.6. The van der Waals surface area contributed by atoms with E-state index in [1.807, 2.05) is 13.0 Å². The predicted octanol–water partition coefficient (Wildman–Crippen LogP) is 3.67. The summed E-state index contributed by atoms with van der Waals surface area (Å²) < 4.78 is 0. The number of hydrogen-bond acceptors (Lipinski definition) is 3. The number of piperidine rings is 1. The quantitative estimate of drug-likeness (QED) is 0.911. The number of pyridine rings is 1. The topological polar surface area (TPSA) is 39.3 Å². The van der Waals surface area contributed by atoms with E-state index in [2.05, 4.69) is 40.8 Å². The molecule has 0 bridgehead atoms. The van der Waals surface area contributed by atoms with Crippen LogP contribution in [0.15, 0.2) is 23.0 Å². The maximum atomic E-state index is 13.1. The van der Waals surface area contributed by atoms with E-state index in [1.54, 1.807) is 0 Å². The number of aryl methyl sites for hydroxylation is 1. The van der Waals surface area contributed by atoms with Crippen molar-refractivity contribution in [1.29, 1.82) is 0 Å². The van der Waals surface area contributed by atoms with Gasteiger partial charge in [-0.15, -0.1) is 0 Å². The molecule has 1 aromatic carbocycles. The van der Waals surface area contributed by atoms with Gasteiger partial charge >= 0.3 is 0 Å². The molecule has 4 nitrogen and oxygen atoms in total. The van der Waals surface area contributed by atoms with Gasteiger partial charge in [0.05, 0.1) is 0 Å². The van der Waals surface area contributed by atoms with Gasteiger partial charge in [0, 0.05) is 47.5 Å². The molecule has 0 radical (unpaired) electrons. The van der Waals surface area contributed by atoms with Gasteiger partial charge in [0.15, 0.2) is 5.43 Å². The Labute approximate surface area is 144 Å². The fourth-order valence-corrected chi connectivity index (χ4v) is 3.76. The number of nitrogens with one attached hydrogen (secondary N) is 1. The van der Waals surface area contributed by atoms with Crippen LogP contribution in [0.3, 0.4) is 0 Å². The van der Waals surface area contributed by atoms with Crippen LogP contribution in [0.1, 0.15) is 44.4 Å². The summed E-state index contributed by atoms with van der Waals surface area (Å²) in [4.78, 5) is 21.3. The molecule has 0 aliphatic carbocycles. The number of likely N-dealkylation sites (tertiary alicyclic amines) is 1. The monoisotopic (exact) mass is 327 g/mol. The molecule has 2 heterocycles. The molecule has 1 fully saturated rings. The van der Waals surface area contributed by atoms with Gasteiger partial charge in [0.2, 0.25) is 0 Å². The second-order valence-electron chi connectivity index (χ2n) is 6.80. The largest absolute Gasteiger partial charge is 0.372 e. The van der Waals surface area contributed by atoms with E-state index >= 15 is 0 Å². The van der Waals surface area contributed by atoms with Crippen LogP contribution in [0, 0.1) is 6.92 Å². The van der Waals surface area contributed by atoms with E-state index in [4.69, 9.17) is 0 Å². The fraction of sp³-hybridized carbons (Fsp3) is 0.550. The zero-order valence-corrected chi connectivity index (χ0v) is 15.2. The van der Waals surface area contributed by atoms with E-state index < -0.39 is 0 Å². The minimum absolute atomic E-state index is 0.195. The van der Waals surface area contributed by atoms with Gasteiger partial charge in [0.1, 0.15) is 0 Å². The lowest BCUT2D eigenvalue weighted by Gasteiger charge is -2.27. The number of aromatic nitrogens is 1. The number of H-pyrrole nitrogens is 1. The number of fused-ring (bicyclic) bond motifs is 1. The molecule has 0 unspecified atom stereocenters. The normalized spacial score (nSPS) is 15.8. The van der Waals surface area contributed by atoms with Gasteiger partial charge in [-0.05, 0) is 64.9 Å². The van der Waals surface area contributed by atoms with E-state index in [1.165, 1.54) is 19.3 Å². The Morgan fingerprint density at radius 2 is 1.83 bits per heavy atom. The van der Waals surface area contributed by atoms with Crippen molar-refractivity contribution in [3.8, 4) is 0 Å². The minimum Gasteiger partial charge on any atom is -0.372 e. The van der Waals surface area contributed by atoms with Crippen LogP contribution in [-0.4, -0.2) is 36.1 Å². The highest BCUT2D eigenvalue weighted by atomic mass is 16.1.